The summed E-state index contributed by atoms with van der Waals surface area (Å²) >= 11 is 0. The monoisotopic (exact) mass is 309 g/mol. The zero-order chi connectivity index (χ0) is 16.7. The number of ether oxygens (including phenoxy) is 3. The first-order valence-corrected chi connectivity index (χ1v) is 8.20. The Labute approximate surface area is 134 Å². The fourth-order valence-electron chi connectivity index (χ4n) is 2.18. The number of rotatable bonds is 9. The van der Waals surface area contributed by atoms with Crippen LogP contribution in [0.2, 0.25) is 0 Å². The SMILES string of the molecule is CC(C)Oc1cc(OC(C)C)c(CCCN)c(OC(C)C)c1. The summed E-state index contributed by atoms with van der Waals surface area (Å²) in [6.07, 6.45) is 2.03. The minimum absolute atomic E-state index is 0.0952. The van der Waals surface area contributed by atoms with Gasteiger partial charge in [0.15, 0.2) is 0 Å². The van der Waals surface area contributed by atoms with Crippen molar-refractivity contribution in [1.29, 1.82) is 0 Å². The molecule has 22 heavy (non-hydrogen) atoms. The molecule has 0 aromatic heterocycles. The molecule has 126 valence electrons. The van der Waals surface area contributed by atoms with Crippen molar-refractivity contribution in [1.82, 2.24) is 0 Å². The average Bonchev–Trinajstić information content (AvgIpc) is 2.35. The van der Waals surface area contributed by atoms with Gasteiger partial charge < -0.3 is 19.9 Å². The van der Waals surface area contributed by atoms with Gasteiger partial charge in [-0.15, -0.1) is 0 Å². The Morgan fingerprint density at radius 1 is 0.818 bits per heavy atom. The molecule has 2 N–H and O–H groups in total. The van der Waals surface area contributed by atoms with Crippen LogP contribution in [0.25, 0.3) is 0 Å². The lowest BCUT2D eigenvalue weighted by molar-refractivity contribution is 0.213. The summed E-state index contributed by atoms with van der Waals surface area (Å²) in [6, 6.07) is 3.91. The van der Waals surface area contributed by atoms with Gasteiger partial charge in [-0.05, 0) is 60.9 Å². The lowest BCUT2D eigenvalue weighted by atomic mass is 10.1. The Bertz CT molecular complexity index is 425. The normalized spacial score (nSPS) is 11.4. The molecular formula is C18H31NO3. The fourth-order valence-corrected chi connectivity index (χ4v) is 2.18. The van der Waals surface area contributed by atoms with Crippen molar-refractivity contribution in [2.75, 3.05) is 6.54 Å². The zero-order valence-corrected chi connectivity index (χ0v) is 14.8. The molecule has 1 rings (SSSR count). The predicted molar refractivity (Wildman–Crippen MR) is 91.1 cm³/mol. The standard InChI is InChI=1S/C18H31NO3/c1-12(2)20-15-10-17(21-13(3)4)16(8-7-9-19)18(11-15)22-14(5)6/h10-14H,7-9,19H2,1-6H3. The lowest BCUT2D eigenvalue weighted by Gasteiger charge is -2.22. The summed E-state index contributed by atoms with van der Waals surface area (Å²) in [5.41, 5.74) is 6.74. The van der Waals surface area contributed by atoms with Crippen molar-refractivity contribution in [3.8, 4) is 17.2 Å². The smallest absolute Gasteiger partial charge is 0.130 e. The molecule has 0 spiro atoms. The van der Waals surface area contributed by atoms with Gasteiger partial charge in [-0.1, -0.05) is 0 Å². The molecule has 0 fully saturated rings. The zero-order valence-electron chi connectivity index (χ0n) is 14.8. The molecule has 0 amide bonds. The van der Waals surface area contributed by atoms with Crippen LogP contribution in [-0.4, -0.2) is 24.9 Å². The van der Waals surface area contributed by atoms with E-state index in [2.05, 4.69) is 0 Å². The summed E-state index contributed by atoms with van der Waals surface area (Å²) in [4.78, 5) is 0. The quantitative estimate of drug-likeness (QED) is 0.750. The number of hydrogen-bond donors (Lipinski definition) is 1. The molecule has 0 unspecified atom stereocenters. The van der Waals surface area contributed by atoms with E-state index in [0.29, 0.717) is 6.54 Å². The maximum absolute atomic E-state index is 5.99. The summed E-state index contributed by atoms with van der Waals surface area (Å²) in [5, 5.41) is 0. The highest BCUT2D eigenvalue weighted by atomic mass is 16.5. The molecule has 0 aliphatic rings. The van der Waals surface area contributed by atoms with E-state index in [4.69, 9.17) is 19.9 Å². The maximum Gasteiger partial charge on any atom is 0.130 e. The van der Waals surface area contributed by atoms with E-state index in [-0.39, 0.29) is 18.3 Å². The second-order valence-electron chi connectivity index (χ2n) is 6.29. The van der Waals surface area contributed by atoms with Crippen LogP contribution in [0.5, 0.6) is 17.2 Å². The Hall–Kier alpha value is -1.42. The van der Waals surface area contributed by atoms with Crippen molar-refractivity contribution in [3.63, 3.8) is 0 Å². The second-order valence-corrected chi connectivity index (χ2v) is 6.29. The van der Waals surface area contributed by atoms with E-state index in [9.17, 15) is 0 Å². The fraction of sp³-hybridized carbons (Fsp3) is 0.667. The largest absolute Gasteiger partial charge is 0.491 e. The van der Waals surface area contributed by atoms with Crippen LogP contribution in [0, 0.1) is 0 Å². The molecular weight excluding hydrogens is 278 g/mol. The van der Waals surface area contributed by atoms with Crippen molar-refractivity contribution >= 4 is 0 Å². The molecule has 1 aromatic carbocycles. The van der Waals surface area contributed by atoms with Gasteiger partial charge in [0.25, 0.3) is 0 Å². The van der Waals surface area contributed by atoms with E-state index in [1.165, 1.54) is 0 Å². The maximum atomic E-state index is 5.99. The van der Waals surface area contributed by atoms with Gasteiger partial charge in [-0.3, -0.25) is 0 Å². The van der Waals surface area contributed by atoms with Gasteiger partial charge in [-0.2, -0.15) is 0 Å². The third kappa shape index (κ3) is 6.14. The van der Waals surface area contributed by atoms with Crippen LogP contribution < -0.4 is 19.9 Å². The van der Waals surface area contributed by atoms with Crippen LogP contribution in [0.1, 0.15) is 53.5 Å². The van der Waals surface area contributed by atoms with Crippen LogP contribution >= 0.6 is 0 Å². The first-order chi connectivity index (χ1) is 10.3. The summed E-state index contributed by atoms with van der Waals surface area (Å²) in [6.45, 7) is 12.7. The molecule has 0 saturated heterocycles. The van der Waals surface area contributed by atoms with E-state index in [1.54, 1.807) is 0 Å². The van der Waals surface area contributed by atoms with E-state index in [1.807, 2.05) is 53.7 Å². The third-order valence-corrected chi connectivity index (χ3v) is 2.87. The van der Waals surface area contributed by atoms with Crippen molar-refractivity contribution in [3.05, 3.63) is 17.7 Å². The Morgan fingerprint density at radius 3 is 1.64 bits per heavy atom. The van der Waals surface area contributed by atoms with Gasteiger partial charge in [-0.25, -0.2) is 0 Å². The first kappa shape index (κ1) is 18.6. The minimum Gasteiger partial charge on any atom is -0.491 e. The van der Waals surface area contributed by atoms with Gasteiger partial charge >= 0.3 is 0 Å². The third-order valence-electron chi connectivity index (χ3n) is 2.87. The average molecular weight is 309 g/mol. The molecule has 4 heteroatoms. The second kappa shape index (κ2) is 8.89. The minimum atomic E-state index is 0.0952. The van der Waals surface area contributed by atoms with Crippen molar-refractivity contribution < 1.29 is 14.2 Å². The molecule has 0 atom stereocenters. The van der Waals surface area contributed by atoms with E-state index >= 15 is 0 Å². The Morgan fingerprint density at radius 2 is 1.27 bits per heavy atom. The summed E-state index contributed by atoms with van der Waals surface area (Å²) in [5.74, 6) is 2.44. The van der Waals surface area contributed by atoms with Crippen LogP contribution in [0.3, 0.4) is 0 Å². The molecule has 1 aromatic rings. The van der Waals surface area contributed by atoms with Crippen molar-refractivity contribution in [2.45, 2.75) is 72.7 Å². The summed E-state index contributed by atoms with van der Waals surface area (Å²) in [7, 11) is 0. The van der Waals surface area contributed by atoms with Gasteiger partial charge in [0, 0.05) is 17.7 Å². The Kier molecular flexibility index (Phi) is 7.52. The van der Waals surface area contributed by atoms with E-state index < -0.39 is 0 Å². The molecule has 0 bridgehead atoms. The molecule has 4 nitrogen and oxygen atoms in total. The molecule has 0 heterocycles. The molecule has 0 aliphatic heterocycles. The van der Waals surface area contributed by atoms with Crippen LogP contribution in [0.4, 0.5) is 0 Å². The molecule has 0 radical (unpaired) electrons. The lowest BCUT2D eigenvalue weighted by Crippen LogP contribution is -2.14. The topological polar surface area (TPSA) is 53.7 Å². The highest BCUT2D eigenvalue weighted by Crippen LogP contribution is 2.36. The predicted octanol–water partition coefficient (Wildman–Crippen LogP) is 3.94. The summed E-state index contributed by atoms with van der Waals surface area (Å²) < 4.78 is 17.8. The van der Waals surface area contributed by atoms with Gasteiger partial charge in [0.1, 0.15) is 17.2 Å². The highest BCUT2D eigenvalue weighted by Gasteiger charge is 2.16. The molecule has 0 saturated carbocycles. The van der Waals surface area contributed by atoms with Crippen LogP contribution in [-0.2, 0) is 6.42 Å². The van der Waals surface area contributed by atoms with Gasteiger partial charge in [0.05, 0.1) is 18.3 Å². The van der Waals surface area contributed by atoms with Crippen molar-refractivity contribution in [2.24, 2.45) is 5.73 Å². The van der Waals surface area contributed by atoms with Crippen LogP contribution in [0.15, 0.2) is 12.1 Å². The first-order valence-electron chi connectivity index (χ1n) is 8.20. The van der Waals surface area contributed by atoms with Gasteiger partial charge in [0.2, 0.25) is 0 Å². The highest BCUT2D eigenvalue weighted by molar-refractivity contribution is 5.51. The Balaban J connectivity index is 3.25. The van der Waals surface area contributed by atoms with E-state index in [0.717, 1.165) is 35.7 Å². The number of nitrogens with two attached hydrogens (primary N) is 1. The number of hydrogen-bond acceptors (Lipinski definition) is 4. The molecule has 0 aliphatic carbocycles. The number of benzene rings is 1.